The van der Waals surface area contributed by atoms with Crippen LogP contribution in [0.5, 0.6) is 0 Å². The molecule has 4 atom stereocenters. The summed E-state index contributed by atoms with van der Waals surface area (Å²) < 4.78 is 22.6. The number of hydrogen-bond donors (Lipinski definition) is 1. The van der Waals surface area contributed by atoms with Crippen molar-refractivity contribution in [1.29, 1.82) is 0 Å². The van der Waals surface area contributed by atoms with Crippen molar-refractivity contribution >= 4 is 9.73 Å². The first kappa shape index (κ1) is 12.8. The summed E-state index contributed by atoms with van der Waals surface area (Å²) in [5, 5.41) is 10.7. The summed E-state index contributed by atoms with van der Waals surface area (Å²) >= 11 is 0. The summed E-state index contributed by atoms with van der Waals surface area (Å²) in [6, 6.07) is 9.13. The highest BCUT2D eigenvalue weighted by Gasteiger charge is 2.50. The molecule has 0 amide bonds. The van der Waals surface area contributed by atoms with Gasteiger partial charge in [-0.15, -0.1) is 0 Å². The van der Waals surface area contributed by atoms with Crippen molar-refractivity contribution < 1.29 is 14.1 Å². The number of benzene rings is 1. The second kappa shape index (κ2) is 4.44. The molecule has 2 aliphatic heterocycles. The van der Waals surface area contributed by atoms with Crippen LogP contribution in [0.15, 0.2) is 51.7 Å². The first-order chi connectivity index (χ1) is 9.06. The van der Waals surface area contributed by atoms with Gasteiger partial charge in [-0.3, -0.25) is 0 Å². The number of nitrogens with zero attached hydrogens (tertiary/aromatic N) is 1. The molecule has 0 spiro atoms. The fraction of sp³-hybridized carbons (Fsp3) is 0.429. The SMILES string of the molecule is CN=S(=O)(C[C@@]1(O)C[C@@H]2C=C[C@H]1O2)c1ccccc1. The van der Waals surface area contributed by atoms with Crippen LogP contribution in [0.4, 0.5) is 0 Å². The Kier molecular flexibility index (Phi) is 3.00. The molecule has 1 fully saturated rings. The third kappa shape index (κ3) is 2.12. The van der Waals surface area contributed by atoms with E-state index in [0.717, 1.165) is 0 Å². The smallest absolute Gasteiger partial charge is 0.110 e. The highest BCUT2D eigenvalue weighted by Crippen LogP contribution is 2.39. The minimum absolute atomic E-state index is 0.0497. The Morgan fingerprint density at radius 3 is 2.68 bits per heavy atom. The van der Waals surface area contributed by atoms with Crippen LogP contribution in [0.1, 0.15) is 6.42 Å². The Hall–Kier alpha value is -1.17. The summed E-state index contributed by atoms with van der Waals surface area (Å²) in [5.74, 6) is 0.117. The molecule has 2 heterocycles. The monoisotopic (exact) mass is 279 g/mol. The zero-order valence-corrected chi connectivity index (χ0v) is 11.5. The molecule has 2 aliphatic rings. The first-order valence-electron chi connectivity index (χ1n) is 6.30. The molecule has 1 N–H and O–H groups in total. The van der Waals surface area contributed by atoms with Gasteiger partial charge in [0.05, 0.1) is 21.6 Å². The summed E-state index contributed by atoms with van der Waals surface area (Å²) in [5.41, 5.74) is -1.08. The molecule has 0 saturated carbocycles. The minimum Gasteiger partial charge on any atom is -0.386 e. The van der Waals surface area contributed by atoms with Gasteiger partial charge >= 0.3 is 0 Å². The minimum atomic E-state index is -2.61. The third-order valence-electron chi connectivity index (χ3n) is 3.76. The van der Waals surface area contributed by atoms with Gasteiger partial charge in [-0.05, 0) is 12.1 Å². The summed E-state index contributed by atoms with van der Waals surface area (Å²) in [6.45, 7) is 0. The lowest BCUT2D eigenvalue weighted by atomic mass is 9.91. The lowest BCUT2D eigenvalue weighted by Gasteiger charge is -2.28. The fourth-order valence-electron chi connectivity index (χ4n) is 2.76. The van der Waals surface area contributed by atoms with Gasteiger partial charge in [0.1, 0.15) is 11.7 Å². The highest BCUT2D eigenvalue weighted by atomic mass is 32.2. The normalized spacial score (nSPS) is 35.3. The van der Waals surface area contributed by atoms with Gasteiger partial charge in [0.15, 0.2) is 0 Å². The van der Waals surface area contributed by atoms with Crippen molar-refractivity contribution in [1.82, 2.24) is 0 Å². The van der Waals surface area contributed by atoms with E-state index in [1.807, 2.05) is 30.4 Å². The standard InChI is InChI=1S/C14H17NO3S/c1-15-19(17,12-5-3-2-4-6-12)10-14(16)9-11-7-8-13(14)18-11/h2-8,11,13,16H,9-10H2,1H3/t11-,13+,14-,19?/m0/s1. The van der Waals surface area contributed by atoms with E-state index in [9.17, 15) is 9.32 Å². The molecule has 102 valence electrons. The van der Waals surface area contributed by atoms with Gasteiger partial charge < -0.3 is 9.84 Å². The molecular formula is C14H17NO3S. The number of aliphatic hydroxyl groups is 1. The fourth-order valence-corrected chi connectivity index (χ4v) is 4.81. The average molecular weight is 279 g/mol. The van der Waals surface area contributed by atoms with Gasteiger partial charge in [0, 0.05) is 18.4 Å². The van der Waals surface area contributed by atoms with Crippen molar-refractivity contribution in [3.8, 4) is 0 Å². The third-order valence-corrected chi connectivity index (χ3v) is 6.25. The van der Waals surface area contributed by atoms with E-state index in [-0.39, 0.29) is 18.0 Å². The number of rotatable bonds is 3. The molecule has 1 saturated heterocycles. The van der Waals surface area contributed by atoms with Gasteiger partial charge in [0.25, 0.3) is 0 Å². The Labute approximate surface area is 113 Å². The maximum atomic E-state index is 13.0. The maximum Gasteiger partial charge on any atom is 0.110 e. The van der Waals surface area contributed by atoms with Gasteiger partial charge in [0.2, 0.25) is 0 Å². The van der Waals surface area contributed by atoms with Crippen LogP contribution in [0, 0.1) is 0 Å². The Bertz CT molecular complexity index is 619. The lowest BCUT2D eigenvalue weighted by Crippen LogP contribution is -2.44. The summed E-state index contributed by atoms with van der Waals surface area (Å²) in [4.78, 5) is 0.665. The molecule has 0 aliphatic carbocycles. The van der Waals surface area contributed by atoms with E-state index < -0.39 is 15.3 Å². The van der Waals surface area contributed by atoms with Crippen LogP contribution in [0.25, 0.3) is 0 Å². The summed E-state index contributed by atoms with van der Waals surface area (Å²) in [6.07, 6.45) is 3.89. The quantitative estimate of drug-likeness (QED) is 0.855. The van der Waals surface area contributed by atoms with Crippen molar-refractivity contribution in [3.63, 3.8) is 0 Å². The molecule has 5 heteroatoms. The van der Waals surface area contributed by atoms with E-state index >= 15 is 0 Å². The van der Waals surface area contributed by atoms with E-state index in [1.54, 1.807) is 19.2 Å². The van der Waals surface area contributed by atoms with Gasteiger partial charge in [-0.25, -0.2) is 8.57 Å². The zero-order chi connectivity index (χ0) is 13.5. The number of fused-ring (bicyclic) bond motifs is 2. The van der Waals surface area contributed by atoms with E-state index in [2.05, 4.69) is 4.36 Å². The highest BCUT2D eigenvalue weighted by molar-refractivity contribution is 7.93. The Morgan fingerprint density at radius 2 is 2.16 bits per heavy atom. The van der Waals surface area contributed by atoms with Crippen LogP contribution in [0.3, 0.4) is 0 Å². The van der Waals surface area contributed by atoms with Crippen molar-refractivity contribution in [2.75, 3.05) is 12.8 Å². The van der Waals surface area contributed by atoms with Crippen molar-refractivity contribution in [3.05, 3.63) is 42.5 Å². The molecule has 1 aromatic rings. The largest absolute Gasteiger partial charge is 0.386 e. The predicted octanol–water partition coefficient (Wildman–Crippen LogP) is 1.60. The second-order valence-corrected chi connectivity index (χ2v) is 7.47. The van der Waals surface area contributed by atoms with Crippen LogP contribution < -0.4 is 0 Å². The van der Waals surface area contributed by atoms with Crippen LogP contribution in [-0.2, 0) is 14.5 Å². The molecule has 0 radical (unpaired) electrons. The van der Waals surface area contributed by atoms with E-state index in [1.165, 1.54) is 0 Å². The molecule has 1 unspecified atom stereocenters. The number of ether oxygens (including phenoxy) is 1. The number of hydrogen-bond acceptors (Lipinski definition) is 4. The topological polar surface area (TPSA) is 58.9 Å². The molecule has 4 nitrogen and oxygen atoms in total. The lowest BCUT2D eigenvalue weighted by molar-refractivity contribution is 0.00595. The van der Waals surface area contributed by atoms with Crippen LogP contribution in [-0.4, -0.2) is 39.9 Å². The van der Waals surface area contributed by atoms with Crippen LogP contribution in [0.2, 0.25) is 0 Å². The second-order valence-electron chi connectivity index (χ2n) is 5.07. The van der Waals surface area contributed by atoms with Gasteiger partial charge in [-0.1, -0.05) is 30.4 Å². The summed E-state index contributed by atoms with van der Waals surface area (Å²) in [7, 11) is -1.06. The Morgan fingerprint density at radius 1 is 1.42 bits per heavy atom. The van der Waals surface area contributed by atoms with Crippen molar-refractivity contribution in [2.45, 2.75) is 29.1 Å². The average Bonchev–Trinajstić information content (AvgIpc) is 2.99. The van der Waals surface area contributed by atoms with Crippen molar-refractivity contribution in [2.24, 2.45) is 4.36 Å². The van der Waals surface area contributed by atoms with Gasteiger partial charge in [-0.2, -0.15) is 0 Å². The molecule has 3 rings (SSSR count). The zero-order valence-electron chi connectivity index (χ0n) is 10.7. The predicted molar refractivity (Wildman–Crippen MR) is 73.4 cm³/mol. The first-order valence-corrected chi connectivity index (χ1v) is 7.98. The molecule has 0 aromatic heterocycles. The Balaban J connectivity index is 1.94. The molecular weight excluding hydrogens is 262 g/mol. The molecule has 2 bridgehead atoms. The maximum absolute atomic E-state index is 13.0. The van der Waals surface area contributed by atoms with E-state index in [0.29, 0.717) is 11.3 Å². The van der Waals surface area contributed by atoms with Crippen LogP contribution >= 0.6 is 0 Å². The molecule has 19 heavy (non-hydrogen) atoms. The van der Waals surface area contributed by atoms with E-state index in [4.69, 9.17) is 4.74 Å². The molecule has 1 aromatic carbocycles.